The van der Waals surface area contributed by atoms with E-state index in [0.717, 1.165) is 28.4 Å². The summed E-state index contributed by atoms with van der Waals surface area (Å²) >= 11 is 1.59. The molecule has 0 atom stereocenters. The SMILES string of the molecule is O=C(Nc1ccc2nc(N3CCOCC3)sc2c1)c1ccn(-c2ccc([N+](=O)[O-])cc2)n1. The van der Waals surface area contributed by atoms with Crippen molar-refractivity contribution in [3.05, 3.63) is 70.5 Å². The third kappa shape index (κ3) is 4.03. The van der Waals surface area contributed by atoms with Crippen LogP contribution in [0.4, 0.5) is 16.5 Å². The van der Waals surface area contributed by atoms with E-state index in [-0.39, 0.29) is 17.3 Å². The number of fused-ring (bicyclic) bond motifs is 1. The summed E-state index contributed by atoms with van der Waals surface area (Å²) in [5.41, 5.74) is 2.40. The summed E-state index contributed by atoms with van der Waals surface area (Å²) in [7, 11) is 0. The van der Waals surface area contributed by atoms with Gasteiger partial charge in [0, 0.05) is 37.1 Å². The molecule has 162 valence electrons. The number of hydrogen-bond acceptors (Lipinski definition) is 8. The molecule has 5 rings (SSSR count). The largest absolute Gasteiger partial charge is 0.378 e. The number of nitrogens with one attached hydrogen (secondary N) is 1. The molecule has 1 saturated heterocycles. The molecule has 11 heteroatoms. The van der Waals surface area contributed by atoms with Gasteiger partial charge < -0.3 is 15.0 Å². The maximum Gasteiger partial charge on any atom is 0.276 e. The van der Waals surface area contributed by atoms with E-state index in [9.17, 15) is 14.9 Å². The molecule has 1 aliphatic heterocycles. The van der Waals surface area contributed by atoms with E-state index in [1.54, 1.807) is 35.7 Å². The Balaban J connectivity index is 1.30. The van der Waals surface area contributed by atoms with Gasteiger partial charge in [-0.2, -0.15) is 5.10 Å². The smallest absolute Gasteiger partial charge is 0.276 e. The van der Waals surface area contributed by atoms with Crippen LogP contribution in [0.5, 0.6) is 0 Å². The number of carbonyl (C=O) groups excluding carboxylic acids is 1. The first-order valence-corrected chi connectivity index (χ1v) is 10.7. The van der Waals surface area contributed by atoms with Crippen LogP contribution in [0.1, 0.15) is 10.5 Å². The molecule has 4 aromatic rings. The molecule has 0 spiro atoms. The summed E-state index contributed by atoms with van der Waals surface area (Å²) in [6.07, 6.45) is 1.64. The number of non-ortho nitro benzene ring substituents is 1. The van der Waals surface area contributed by atoms with Crippen LogP contribution in [0.2, 0.25) is 0 Å². The van der Waals surface area contributed by atoms with E-state index in [0.29, 0.717) is 24.6 Å². The molecule has 0 aliphatic carbocycles. The third-order valence-corrected chi connectivity index (χ3v) is 6.14. The van der Waals surface area contributed by atoms with Crippen molar-refractivity contribution < 1.29 is 14.5 Å². The lowest BCUT2D eigenvalue weighted by molar-refractivity contribution is -0.384. The summed E-state index contributed by atoms with van der Waals surface area (Å²) in [4.78, 5) is 29.9. The summed E-state index contributed by atoms with van der Waals surface area (Å²) in [5.74, 6) is -0.345. The third-order valence-electron chi connectivity index (χ3n) is 5.06. The van der Waals surface area contributed by atoms with Crippen molar-refractivity contribution >= 4 is 44.0 Å². The maximum absolute atomic E-state index is 12.7. The number of morpholine rings is 1. The molecule has 0 unspecified atom stereocenters. The fourth-order valence-corrected chi connectivity index (χ4v) is 4.45. The summed E-state index contributed by atoms with van der Waals surface area (Å²) in [6, 6.07) is 13.2. The van der Waals surface area contributed by atoms with Crippen molar-refractivity contribution in [3.63, 3.8) is 0 Å². The molecule has 0 bridgehead atoms. The van der Waals surface area contributed by atoms with Gasteiger partial charge in [-0.1, -0.05) is 11.3 Å². The quantitative estimate of drug-likeness (QED) is 0.366. The van der Waals surface area contributed by atoms with E-state index >= 15 is 0 Å². The van der Waals surface area contributed by atoms with E-state index in [2.05, 4.69) is 20.3 Å². The van der Waals surface area contributed by atoms with Crippen LogP contribution >= 0.6 is 11.3 Å². The average molecular weight is 450 g/mol. The highest BCUT2D eigenvalue weighted by atomic mass is 32.1. The number of benzene rings is 2. The molecule has 1 aliphatic rings. The van der Waals surface area contributed by atoms with Crippen LogP contribution < -0.4 is 10.2 Å². The van der Waals surface area contributed by atoms with Gasteiger partial charge in [0.15, 0.2) is 10.8 Å². The number of rotatable bonds is 5. The minimum atomic E-state index is -0.463. The van der Waals surface area contributed by atoms with Crippen molar-refractivity contribution in [1.29, 1.82) is 0 Å². The van der Waals surface area contributed by atoms with Crippen molar-refractivity contribution in [3.8, 4) is 5.69 Å². The summed E-state index contributed by atoms with van der Waals surface area (Å²) in [6.45, 7) is 3.04. The lowest BCUT2D eigenvalue weighted by Crippen LogP contribution is -2.36. The Morgan fingerprint density at radius 3 is 2.66 bits per heavy atom. The number of anilines is 2. The zero-order valence-electron chi connectivity index (χ0n) is 16.8. The van der Waals surface area contributed by atoms with Crippen molar-refractivity contribution in [2.24, 2.45) is 0 Å². The van der Waals surface area contributed by atoms with E-state index < -0.39 is 4.92 Å². The highest BCUT2D eigenvalue weighted by Gasteiger charge is 2.16. The maximum atomic E-state index is 12.7. The first-order valence-electron chi connectivity index (χ1n) is 9.92. The average Bonchev–Trinajstić information content (AvgIpc) is 3.47. The number of ether oxygens (including phenoxy) is 1. The zero-order valence-corrected chi connectivity index (χ0v) is 17.6. The lowest BCUT2D eigenvalue weighted by Gasteiger charge is -2.25. The fraction of sp³-hybridized carbons (Fsp3) is 0.190. The standard InChI is InChI=1S/C21H18N6O4S/c28-20(18-7-8-26(24-18)15-2-4-16(5-3-15)27(29)30)22-14-1-6-17-19(13-14)32-21(23-17)25-9-11-31-12-10-25/h1-8,13H,9-12H2,(H,22,28). The number of hydrogen-bond donors (Lipinski definition) is 1. The van der Waals surface area contributed by atoms with Gasteiger partial charge in [-0.15, -0.1) is 0 Å². The molecule has 0 saturated carbocycles. The first-order chi connectivity index (χ1) is 15.6. The minimum absolute atomic E-state index is 0.00545. The van der Waals surface area contributed by atoms with Gasteiger partial charge in [-0.3, -0.25) is 14.9 Å². The molecule has 3 heterocycles. The topological polar surface area (TPSA) is 115 Å². The molecule has 1 amide bonds. The van der Waals surface area contributed by atoms with Crippen LogP contribution in [0.3, 0.4) is 0 Å². The Hall–Kier alpha value is -3.83. The molecule has 0 radical (unpaired) electrons. The van der Waals surface area contributed by atoms with Gasteiger partial charge in [-0.25, -0.2) is 9.67 Å². The Labute approximate surface area is 186 Å². The zero-order chi connectivity index (χ0) is 22.1. The second kappa shape index (κ2) is 8.36. The van der Waals surface area contributed by atoms with E-state index in [4.69, 9.17) is 4.74 Å². The molecule has 32 heavy (non-hydrogen) atoms. The van der Waals surface area contributed by atoms with E-state index in [1.165, 1.54) is 16.8 Å². The molecule has 2 aromatic carbocycles. The number of nitrogens with zero attached hydrogens (tertiary/aromatic N) is 5. The normalized spacial score (nSPS) is 13.9. The molecular weight excluding hydrogens is 432 g/mol. The number of thiazole rings is 1. The van der Waals surface area contributed by atoms with E-state index in [1.807, 2.05) is 18.2 Å². The van der Waals surface area contributed by atoms with Gasteiger partial charge in [0.25, 0.3) is 11.6 Å². The van der Waals surface area contributed by atoms with Gasteiger partial charge in [-0.05, 0) is 36.4 Å². The van der Waals surface area contributed by atoms with Crippen LogP contribution in [0.15, 0.2) is 54.7 Å². The van der Waals surface area contributed by atoms with Crippen LogP contribution in [-0.4, -0.2) is 51.9 Å². The molecular formula is C21H18N6O4S. The molecule has 10 nitrogen and oxygen atoms in total. The Bertz CT molecular complexity index is 1290. The minimum Gasteiger partial charge on any atom is -0.378 e. The van der Waals surface area contributed by atoms with Crippen molar-refractivity contribution in [2.45, 2.75) is 0 Å². The Morgan fingerprint density at radius 1 is 1.12 bits per heavy atom. The van der Waals surface area contributed by atoms with Crippen LogP contribution in [0, 0.1) is 10.1 Å². The predicted octanol–water partition coefficient (Wildman–Crippen LogP) is 3.48. The second-order valence-electron chi connectivity index (χ2n) is 7.15. The highest BCUT2D eigenvalue weighted by Crippen LogP contribution is 2.31. The summed E-state index contributed by atoms with van der Waals surface area (Å²) < 4.78 is 7.88. The lowest BCUT2D eigenvalue weighted by atomic mass is 10.3. The van der Waals surface area contributed by atoms with Crippen molar-refractivity contribution in [2.75, 3.05) is 36.5 Å². The van der Waals surface area contributed by atoms with Gasteiger partial charge >= 0.3 is 0 Å². The predicted molar refractivity (Wildman–Crippen MR) is 121 cm³/mol. The van der Waals surface area contributed by atoms with Gasteiger partial charge in [0.2, 0.25) is 0 Å². The number of nitro benzene ring substituents is 1. The monoisotopic (exact) mass is 450 g/mol. The molecule has 1 fully saturated rings. The van der Waals surface area contributed by atoms with Crippen LogP contribution in [-0.2, 0) is 4.74 Å². The summed E-state index contributed by atoms with van der Waals surface area (Å²) in [5, 5.41) is 18.9. The number of nitro groups is 1. The van der Waals surface area contributed by atoms with Crippen LogP contribution in [0.25, 0.3) is 15.9 Å². The second-order valence-corrected chi connectivity index (χ2v) is 8.16. The Morgan fingerprint density at radius 2 is 1.91 bits per heavy atom. The number of carbonyl (C=O) groups is 1. The fourth-order valence-electron chi connectivity index (χ4n) is 3.39. The Kier molecular flexibility index (Phi) is 5.25. The van der Waals surface area contributed by atoms with Crippen molar-refractivity contribution in [1.82, 2.24) is 14.8 Å². The molecule has 1 N–H and O–H groups in total. The van der Waals surface area contributed by atoms with Gasteiger partial charge in [0.1, 0.15) is 0 Å². The number of aromatic nitrogens is 3. The molecule has 2 aromatic heterocycles. The highest BCUT2D eigenvalue weighted by molar-refractivity contribution is 7.22. The number of amides is 1. The van der Waals surface area contributed by atoms with Gasteiger partial charge in [0.05, 0.1) is 34.0 Å². The first kappa shape index (κ1) is 20.1.